The Morgan fingerprint density at radius 3 is 2.83 bits per heavy atom. The minimum absolute atomic E-state index is 0.246. The average Bonchev–Trinajstić information content (AvgIpc) is 2.55. The second-order valence-corrected chi connectivity index (χ2v) is 7.70. The lowest BCUT2D eigenvalue weighted by Gasteiger charge is -2.34. The third-order valence-electron chi connectivity index (χ3n) is 4.46. The van der Waals surface area contributed by atoms with Gasteiger partial charge in [0, 0.05) is 31.7 Å². The number of rotatable bonds is 7. The van der Waals surface area contributed by atoms with E-state index in [2.05, 4.69) is 17.0 Å². The topological polar surface area (TPSA) is 23.6 Å². The molecule has 1 aromatic rings. The molecule has 3 nitrogen and oxygen atoms in total. The smallest absolute Gasteiger partial charge is 0.232 e. The fraction of sp³-hybridized carbons (Fsp3) is 0.611. The van der Waals surface area contributed by atoms with Gasteiger partial charge in [-0.1, -0.05) is 23.7 Å². The Bertz CT molecular complexity index is 494. The van der Waals surface area contributed by atoms with E-state index < -0.39 is 0 Å². The van der Waals surface area contributed by atoms with E-state index in [1.54, 1.807) is 11.8 Å². The Balaban J connectivity index is 1.76. The molecular formula is C18H27ClN2OS. The lowest BCUT2D eigenvalue weighted by Crippen LogP contribution is -2.42. The van der Waals surface area contributed by atoms with E-state index in [9.17, 15) is 4.79 Å². The first kappa shape index (κ1) is 18.6. The molecule has 1 aliphatic heterocycles. The van der Waals surface area contributed by atoms with Crippen LogP contribution in [0.1, 0.15) is 18.4 Å². The fourth-order valence-corrected chi connectivity index (χ4v) is 3.76. The van der Waals surface area contributed by atoms with Gasteiger partial charge in [0.05, 0.1) is 5.75 Å². The van der Waals surface area contributed by atoms with Crippen molar-refractivity contribution in [2.24, 2.45) is 5.92 Å². The molecule has 128 valence electrons. The van der Waals surface area contributed by atoms with Crippen LogP contribution in [0.25, 0.3) is 0 Å². The van der Waals surface area contributed by atoms with Crippen LogP contribution in [0, 0.1) is 5.92 Å². The van der Waals surface area contributed by atoms with Gasteiger partial charge >= 0.3 is 0 Å². The van der Waals surface area contributed by atoms with Crippen molar-refractivity contribution in [3.63, 3.8) is 0 Å². The van der Waals surface area contributed by atoms with E-state index in [0.717, 1.165) is 31.1 Å². The van der Waals surface area contributed by atoms with Gasteiger partial charge in [0.1, 0.15) is 0 Å². The van der Waals surface area contributed by atoms with Gasteiger partial charge in [-0.3, -0.25) is 4.79 Å². The summed E-state index contributed by atoms with van der Waals surface area (Å²) in [6.45, 7) is 4.24. The van der Waals surface area contributed by atoms with E-state index in [1.807, 2.05) is 30.3 Å². The van der Waals surface area contributed by atoms with Crippen LogP contribution in [0.3, 0.4) is 0 Å². The van der Waals surface area contributed by atoms with Gasteiger partial charge < -0.3 is 9.80 Å². The summed E-state index contributed by atoms with van der Waals surface area (Å²) in [7, 11) is 1.94. The molecule has 0 N–H and O–H groups in total. The molecule has 0 radical (unpaired) electrons. The largest absolute Gasteiger partial charge is 0.345 e. The molecule has 0 bridgehead atoms. The summed E-state index contributed by atoms with van der Waals surface area (Å²) in [5.41, 5.74) is 1.34. The number of carbonyl (C=O) groups is 1. The molecule has 1 atom stereocenters. The highest BCUT2D eigenvalue weighted by Crippen LogP contribution is 2.18. The first-order valence-corrected chi connectivity index (χ1v) is 10.1. The summed E-state index contributed by atoms with van der Waals surface area (Å²) < 4.78 is 0. The Labute approximate surface area is 149 Å². The summed E-state index contributed by atoms with van der Waals surface area (Å²) >= 11 is 7.53. The van der Waals surface area contributed by atoms with Crippen molar-refractivity contribution in [3.05, 3.63) is 34.9 Å². The molecule has 0 aromatic heterocycles. The van der Waals surface area contributed by atoms with Crippen molar-refractivity contribution in [1.29, 1.82) is 0 Å². The predicted octanol–water partition coefficient (Wildman–Crippen LogP) is 3.42. The normalized spacial score (nSPS) is 18.8. The minimum atomic E-state index is 0.246. The quantitative estimate of drug-likeness (QED) is 0.749. The van der Waals surface area contributed by atoms with Crippen LogP contribution in [0.5, 0.6) is 0 Å². The molecule has 0 aliphatic carbocycles. The number of thioether (sulfide) groups is 1. The number of nitrogens with zero attached hydrogens (tertiary/aromatic N) is 2. The molecule has 2 rings (SSSR count). The zero-order chi connectivity index (χ0) is 16.7. The highest BCUT2D eigenvalue weighted by atomic mass is 35.5. The number of benzene rings is 1. The SMILES string of the molecule is CSCC(=O)N(C)C[C@H]1CCCN(CCc2ccc(Cl)cc2)C1. The number of halogens is 1. The van der Waals surface area contributed by atoms with E-state index in [1.165, 1.54) is 24.9 Å². The molecule has 0 unspecified atom stereocenters. The molecule has 0 spiro atoms. The van der Waals surface area contributed by atoms with Crippen LogP contribution in [0.4, 0.5) is 0 Å². The van der Waals surface area contributed by atoms with Crippen molar-refractivity contribution >= 4 is 29.3 Å². The van der Waals surface area contributed by atoms with Crippen LogP contribution < -0.4 is 0 Å². The van der Waals surface area contributed by atoms with Crippen molar-refractivity contribution in [2.45, 2.75) is 19.3 Å². The number of hydrogen-bond acceptors (Lipinski definition) is 3. The van der Waals surface area contributed by atoms with E-state index >= 15 is 0 Å². The van der Waals surface area contributed by atoms with Crippen LogP contribution >= 0.6 is 23.4 Å². The van der Waals surface area contributed by atoms with Gasteiger partial charge in [0.2, 0.25) is 5.91 Å². The fourth-order valence-electron chi connectivity index (χ4n) is 3.16. The molecule has 1 aliphatic rings. The number of amides is 1. The number of likely N-dealkylation sites (tertiary alicyclic amines) is 1. The molecule has 1 amide bonds. The first-order chi connectivity index (χ1) is 11.1. The molecule has 1 saturated heterocycles. The van der Waals surface area contributed by atoms with Crippen molar-refractivity contribution < 1.29 is 4.79 Å². The van der Waals surface area contributed by atoms with Gasteiger partial charge in [0.25, 0.3) is 0 Å². The lowest BCUT2D eigenvalue weighted by atomic mass is 9.97. The van der Waals surface area contributed by atoms with Crippen LogP contribution in [0.15, 0.2) is 24.3 Å². The van der Waals surface area contributed by atoms with Crippen LogP contribution in [0.2, 0.25) is 5.02 Å². The summed E-state index contributed by atoms with van der Waals surface area (Å²) in [6.07, 6.45) is 5.50. The predicted molar refractivity (Wildman–Crippen MR) is 100 cm³/mol. The lowest BCUT2D eigenvalue weighted by molar-refractivity contribution is -0.127. The zero-order valence-electron chi connectivity index (χ0n) is 14.1. The number of hydrogen-bond donors (Lipinski definition) is 0. The molecule has 23 heavy (non-hydrogen) atoms. The summed E-state index contributed by atoms with van der Waals surface area (Å²) in [4.78, 5) is 16.4. The Hall–Kier alpha value is -0.710. The van der Waals surface area contributed by atoms with Crippen LogP contribution in [-0.4, -0.2) is 60.9 Å². The molecule has 0 saturated carbocycles. The van der Waals surface area contributed by atoms with Gasteiger partial charge in [-0.05, 0) is 55.7 Å². The monoisotopic (exact) mass is 354 g/mol. The molecule has 1 fully saturated rings. The standard InChI is InChI=1S/C18H27ClN2OS/c1-20(18(22)14-23-2)12-16-4-3-10-21(13-16)11-9-15-5-7-17(19)8-6-15/h5-8,16H,3-4,9-14H2,1-2H3/t16-/m1/s1. The summed E-state index contributed by atoms with van der Waals surface area (Å²) in [5.74, 6) is 1.43. The maximum atomic E-state index is 11.9. The number of carbonyl (C=O) groups excluding carboxylic acids is 1. The Kier molecular flexibility index (Phi) is 7.74. The third kappa shape index (κ3) is 6.36. The van der Waals surface area contributed by atoms with Crippen molar-refractivity contribution in [3.8, 4) is 0 Å². The summed E-state index contributed by atoms with van der Waals surface area (Å²) in [6, 6.07) is 8.14. The highest BCUT2D eigenvalue weighted by molar-refractivity contribution is 7.99. The van der Waals surface area contributed by atoms with Crippen molar-refractivity contribution in [2.75, 3.05) is 45.2 Å². The summed E-state index contributed by atoms with van der Waals surface area (Å²) in [5, 5.41) is 0.796. The molecular weight excluding hydrogens is 328 g/mol. The second-order valence-electron chi connectivity index (χ2n) is 6.39. The Morgan fingerprint density at radius 2 is 2.13 bits per heavy atom. The van der Waals surface area contributed by atoms with Gasteiger partial charge in [0.15, 0.2) is 0 Å². The molecule has 1 heterocycles. The highest BCUT2D eigenvalue weighted by Gasteiger charge is 2.22. The van der Waals surface area contributed by atoms with Gasteiger partial charge in [-0.25, -0.2) is 0 Å². The maximum Gasteiger partial charge on any atom is 0.232 e. The van der Waals surface area contributed by atoms with Crippen molar-refractivity contribution in [1.82, 2.24) is 9.80 Å². The zero-order valence-corrected chi connectivity index (χ0v) is 15.7. The maximum absolute atomic E-state index is 11.9. The molecule has 5 heteroatoms. The minimum Gasteiger partial charge on any atom is -0.345 e. The second kappa shape index (κ2) is 9.55. The van der Waals surface area contributed by atoms with Gasteiger partial charge in [-0.15, -0.1) is 0 Å². The van der Waals surface area contributed by atoms with E-state index in [0.29, 0.717) is 11.7 Å². The Morgan fingerprint density at radius 1 is 1.39 bits per heavy atom. The van der Waals surface area contributed by atoms with E-state index in [4.69, 9.17) is 11.6 Å². The number of piperidine rings is 1. The molecule has 1 aromatic carbocycles. The third-order valence-corrected chi connectivity index (χ3v) is 5.25. The first-order valence-electron chi connectivity index (χ1n) is 8.28. The van der Waals surface area contributed by atoms with E-state index in [-0.39, 0.29) is 5.91 Å². The van der Waals surface area contributed by atoms with Crippen LogP contribution in [-0.2, 0) is 11.2 Å². The van der Waals surface area contributed by atoms with Gasteiger partial charge in [-0.2, -0.15) is 11.8 Å². The average molecular weight is 355 g/mol.